The zero-order valence-electron chi connectivity index (χ0n) is 14.5. The summed E-state index contributed by atoms with van der Waals surface area (Å²) < 4.78 is 0. The normalized spacial score (nSPS) is 29.0. The van der Waals surface area contributed by atoms with E-state index in [4.69, 9.17) is 11.6 Å². The summed E-state index contributed by atoms with van der Waals surface area (Å²) in [7, 11) is 0. The Kier molecular flexibility index (Phi) is 3.75. The van der Waals surface area contributed by atoms with Crippen LogP contribution < -0.4 is 21.1 Å². The lowest BCUT2D eigenvalue weighted by atomic mass is 9.65. The lowest BCUT2D eigenvalue weighted by molar-refractivity contribution is -0.136. The third kappa shape index (κ3) is 2.34. The Morgan fingerprint density at radius 2 is 1.89 bits per heavy atom. The number of rotatable bonds is 2. The molecule has 7 heteroatoms. The number of hydrogen-bond acceptors (Lipinski definition) is 4. The number of nitrogens with zero attached hydrogens (tertiary/aromatic N) is 1. The van der Waals surface area contributed by atoms with Crippen LogP contribution in [0.3, 0.4) is 0 Å². The van der Waals surface area contributed by atoms with Gasteiger partial charge in [0.25, 0.3) is 0 Å². The number of para-hydroxylation sites is 1. The molecule has 0 aliphatic carbocycles. The fraction of sp³-hybridized carbons (Fsp3) is 0.300. The highest BCUT2D eigenvalue weighted by Gasteiger charge is 2.61. The maximum absolute atomic E-state index is 13.8. The number of carbonyl (C=O) groups excluding carboxylic acids is 2. The number of anilines is 1. The third-order valence-electron chi connectivity index (χ3n) is 5.96. The van der Waals surface area contributed by atoms with Crippen molar-refractivity contribution < 1.29 is 9.59 Å². The summed E-state index contributed by atoms with van der Waals surface area (Å²) in [6.45, 7) is 1.00. The van der Waals surface area contributed by atoms with Gasteiger partial charge in [0.15, 0.2) is 0 Å². The number of hydrogen-bond donors (Lipinski definition) is 3. The van der Waals surface area contributed by atoms with Gasteiger partial charge in [0, 0.05) is 29.6 Å². The van der Waals surface area contributed by atoms with Crippen LogP contribution >= 0.6 is 11.6 Å². The Labute approximate surface area is 161 Å². The van der Waals surface area contributed by atoms with Crippen molar-refractivity contribution in [3.8, 4) is 0 Å². The number of benzene rings is 2. The molecule has 1 spiro atoms. The second-order valence-electron chi connectivity index (χ2n) is 7.32. The summed E-state index contributed by atoms with van der Waals surface area (Å²) in [4.78, 5) is 28.0. The number of amides is 2. The van der Waals surface area contributed by atoms with Crippen LogP contribution in [-0.2, 0) is 21.5 Å². The van der Waals surface area contributed by atoms with Gasteiger partial charge in [-0.15, -0.1) is 0 Å². The smallest absolute Gasteiger partial charge is 0.239 e. The van der Waals surface area contributed by atoms with Gasteiger partial charge in [0.05, 0.1) is 18.1 Å². The van der Waals surface area contributed by atoms with Crippen LogP contribution in [0.1, 0.15) is 17.5 Å². The van der Waals surface area contributed by atoms with E-state index >= 15 is 0 Å². The molecular weight excluding hydrogens is 364 g/mol. The number of nitrogens with one attached hydrogen (secondary N) is 3. The van der Waals surface area contributed by atoms with Crippen molar-refractivity contribution in [2.75, 3.05) is 11.4 Å². The van der Waals surface area contributed by atoms with E-state index in [0.29, 0.717) is 18.1 Å². The molecule has 3 heterocycles. The minimum Gasteiger partial charge on any atom is -0.339 e. The molecule has 2 fully saturated rings. The van der Waals surface area contributed by atoms with Crippen molar-refractivity contribution in [3.05, 3.63) is 64.7 Å². The van der Waals surface area contributed by atoms with Crippen molar-refractivity contribution in [1.29, 1.82) is 0 Å². The van der Waals surface area contributed by atoms with E-state index in [1.165, 1.54) is 0 Å². The van der Waals surface area contributed by atoms with E-state index < -0.39 is 5.41 Å². The highest BCUT2D eigenvalue weighted by atomic mass is 35.5. The maximum Gasteiger partial charge on any atom is 0.239 e. The summed E-state index contributed by atoms with van der Waals surface area (Å²) in [5, 5.41) is 3.58. The van der Waals surface area contributed by atoms with Crippen molar-refractivity contribution in [1.82, 2.24) is 16.2 Å². The lowest BCUT2D eigenvalue weighted by Gasteiger charge is -2.40. The molecule has 3 aliphatic rings. The minimum absolute atomic E-state index is 0.0287. The molecular formula is C20H19ClN4O2. The molecule has 5 rings (SSSR count). The highest BCUT2D eigenvalue weighted by Crippen LogP contribution is 2.51. The van der Waals surface area contributed by atoms with E-state index in [-0.39, 0.29) is 30.3 Å². The van der Waals surface area contributed by atoms with Gasteiger partial charge < -0.3 is 10.2 Å². The summed E-state index contributed by atoms with van der Waals surface area (Å²) in [6, 6.07) is 15.3. The molecule has 0 aromatic heterocycles. The fourth-order valence-corrected chi connectivity index (χ4v) is 4.93. The summed E-state index contributed by atoms with van der Waals surface area (Å²) in [6.07, 6.45) is -0.102. The first kappa shape index (κ1) is 16.7. The van der Waals surface area contributed by atoms with E-state index in [2.05, 4.69) is 16.2 Å². The van der Waals surface area contributed by atoms with Crippen LogP contribution in [0.5, 0.6) is 0 Å². The van der Waals surface area contributed by atoms with Gasteiger partial charge in [-0.3, -0.25) is 15.0 Å². The van der Waals surface area contributed by atoms with Gasteiger partial charge >= 0.3 is 0 Å². The Morgan fingerprint density at radius 1 is 1.11 bits per heavy atom. The van der Waals surface area contributed by atoms with Crippen LogP contribution in [0.4, 0.5) is 5.69 Å². The zero-order valence-corrected chi connectivity index (χ0v) is 15.3. The minimum atomic E-state index is -0.860. The predicted octanol–water partition coefficient (Wildman–Crippen LogP) is 1.69. The molecule has 3 aliphatic heterocycles. The van der Waals surface area contributed by atoms with Crippen molar-refractivity contribution in [2.45, 2.75) is 24.5 Å². The summed E-state index contributed by atoms with van der Waals surface area (Å²) >= 11 is 6.34. The monoisotopic (exact) mass is 382 g/mol. The molecule has 27 heavy (non-hydrogen) atoms. The average molecular weight is 383 g/mol. The van der Waals surface area contributed by atoms with Gasteiger partial charge in [-0.25, -0.2) is 5.43 Å². The molecule has 6 nitrogen and oxygen atoms in total. The second kappa shape index (κ2) is 6.05. The molecule has 3 N–H and O–H groups in total. The molecule has 2 aromatic rings. The second-order valence-corrected chi connectivity index (χ2v) is 7.73. The quantitative estimate of drug-likeness (QED) is 0.739. The molecule has 2 aromatic carbocycles. The standard InChI is InChI=1S/C20H19ClN4O2/c21-15-7-3-1-5-12(15)11-25-16-8-4-2-6-13(16)20(19(25)27)9-17(26)23-18-14(20)10-22-24-18/h1-8,14,18,22,24H,9-11H2,(H,23,26). The van der Waals surface area contributed by atoms with Gasteiger partial charge in [0.1, 0.15) is 0 Å². The lowest BCUT2D eigenvalue weighted by Crippen LogP contribution is -2.62. The first-order chi connectivity index (χ1) is 13.1. The van der Waals surface area contributed by atoms with Crippen LogP contribution in [0.15, 0.2) is 48.5 Å². The molecule has 0 radical (unpaired) electrons. The largest absolute Gasteiger partial charge is 0.339 e. The Morgan fingerprint density at radius 3 is 2.74 bits per heavy atom. The predicted molar refractivity (Wildman–Crippen MR) is 102 cm³/mol. The molecule has 3 unspecified atom stereocenters. The maximum atomic E-state index is 13.8. The molecule has 2 saturated heterocycles. The molecule has 138 valence electrons. The van der Waals surface area contributed by atoms with Crippen molar-refractivity contribution >= 4 is 29.1 Å². The fourth-order valence-electron chi connectivity index (χ4n) is 4.74. The summed E-state index contributed by atoms with van der Waals surface area (Å²) in [5.41, 5.74) is 8.02. The van der Waals surface area contributed by atoms with Gasteiger partial charge in [-0.2, -0.15) is 0 Å². The molecule has 3 atom stereocenters. The molecule has 0 saturated carbocycles. The van der Waals surface area contributed by atoms with E-state index in [1.807, 2.05) is 48.5 Å². The Balaban J connectivity index is 1.63. The van der Waals surface area contributed by atoms with Gasteiger partial charge in [0.2, 0.25) is 11.8 Å². The Bertz CT molecular complexity index is 949. The molecule has 0 bridgehead atoms. The van der Waals surface area contributed by atoms with E-state index in [0.717, 1.165) is 16.8 Å². The number of hydrazine groups is 1. The first-order valence-corrected chi connectivity index (χ1v) is 9.42. The summed E-state index contributed by atoms with van der Waals surface area (Å²) in [5.74, 6) is -0.200. The third-order valence-corrected chi connectivity index (χ3v) is 6.33. The first-order valence-electron chi connectivity index (χ1n) is 9.04. The number of fused-ring (bicyclic) bond motifs is 4. The topological polar surface area (TPSA) is 73.5 Å². The number of halogens is 1. The van der Waals surface area contributed by atoms with Crippen LogP contribution in [0, 0.1) is 5.92 Å². The van der Waals surface area contributed by atoms with Crippen LogP contribution in [-0.4, -0.2) is 24.5 Å². The van der Waals surface area contributed by atoms with E-state index in [1.54, 1.807) is 4.90 Å². The zero-order chi connectivity index (χ0) is 18.6. The highest BCUT2D eigenvalue weighted by molar-refractivity contribution is 6.31. The van der Waals surface area contributed by atoms with Gasteiger partial charge in [-0.05, 0) is 23.3 Å². The Hall–Kier alpha value is -2.41. The van der Waals surface area contributed by atoms with E-state index in [9.17, 15) is 9.59 Å². The average Bonchev–Trinajstić information content (AvgIpc) is 3.22. The SMILES string of the molecule is O=C1CC2(C(=O)N(Cc3ccccc3Cl)c3ccccc32)C2CNNC2N1. The van der Waals surface area contributed by atoms with Crippen molar-refractivity contribution in [2.24, 2.45) is 5.92 Å². The van der Waals surface area contributed by atoms with Crippen LogP contribution in [0.25, 0.3) is 0 Å². The van der Waals surface area contributed by atoms with Crippen molar-refractivity contribution in [3.63, 3.8) is 0 Å². The van der Waals surface area contributed by atoms with Gasteiger partial charge in [-0.1, -0.05) is 48.0 Å². The number of carbonyl (C=O) groups is 2. The van der Waals surface area contributed by atoms with Crippen LogP contribution in [0.2, 0.25) is 5.02 Å². The molecule has 2 amide bonds. The number of piperidine rings is 1.